The molecule has 3 aromatic rings. The van der Waals surface area contributed by atoms with Gasteiger partial charge in [-0.3, -0.25) is 0 Å². The van der Waals surface area contributed by atoms with Gasteiger partial charge in [-0.25, -0.2) is 4.98 Å². The van der Waals surface area contributed by atoms with Crippen molar-refractivity contribution in [3.05, 3.63) is 36.0 Å². The van der Waals surface area contributed by atoms with Gasteiger partial charge in [0.05, 0.1) is 0 Å². The van der Waals surface area contributed by atoms with Crippen LogP contribution in [-0.2, 0) is 7.05 Å². The van der Waals surface area contributed by atoms with Gasteiger partial charge in [0, 0.05) is 29.7 Å². The second-order valence-electron chi connectivity index (χ2n) is 3.43. The standard InChI is InChI=1S/C11H9N3S/c1-14-6-9(11-12-7-15-13-11)8-4-2-3-5-10(8)14/h2-7H,1H3. The molecule has 1 aromatic carbocycles. The summed E-state index contributed by atoms with van der Waals surface area (Å²) >= 11 is 1.38. The Labute approximate surface area is 91.2 Å². The zero-order valence-corrected chi connectivity index (χ0v) is 9.03. The molecule has 15 heavy (non-hydrogen) atoms. The van der Waals surface area contributed by atoms with E-state index in [4.69, 9.17) is 0 Å². The van der Waals surface area contributed by atoms with Crippen LogP contribution < -0.4 is 0 Å². The number of nitrogens with zero attached hydrogens (tertiary/aromatic N) is 3. The van der Waals surface area contributed by atoms with E-state index >= 15 is 0 Å². The zero-order chi connectivity index (χ0) is 10.3. The summed E-state index contributed by atoms with van der Waals surface area (Å²) in [5.41, 5.74) is 4.08. The third kappa shape index (κ3) is 1.26. The monoisotopic (exact) mass is 215 g/mol. The molecule has 0 unspecified atom stereocenters. The summed E-state index contributed by atoms with van der Waals surface area (Å²) in [6.45, 7) is 0. The molecule has 0 aliphatic rings. The molecule has 0 aliphatic heterocycles. The highest BCUT2D eigenvalue weighted by Gasteiger charge is 2.09. The van der Waals surface area contributed by atoms with Crippen molar-refractivity contribution < 1.29 is 0 Å². The zero-order valence-electron chi connectivity index (χ0n) is 8.21. The highest BCUT2D eigenvalue weighted by Crippen LogP contribution is 2.27. The van der Waals surface area contributed by atoms with Crippen LogP contribution in [0.15, 0.2) is 36.0 Å². The summed E-state index contributed by atoms with van der Waals surface area (Å²) in [6.07, 6.45) is 2.08. The van der Waals surface area contributed by atoms with E-state index in [1.807, 2.05) is 19.2 Å². The Bertz CT molecular complexity index is 595. The van der Waals surface area contributed by atoms with Gasteiger partial charge >= 0.3 is 0 Å². The maximum absolute atomic E-state index is 4.27. The fourth-order valence-electron chi connectivity index (χ4n) is 1.81. The molecule has 2 aromatic heterocycles. The van der Waals surface area contributed by atoms with E-state index in [2.05, 4.69) is 32.3 Å². The van der Waals surface area contributed by atoms with E-state index in [1.54, 1.807) is 5.51 Å². The molecule has 0 saturated heterocycles. The molecule has 0 saturated carbocycles. The predicted octanol–water partition coefficient (Wildman–Crippen LogP) is 2.70. The van der Waals surface area contributed by atoms with Crippen molar-refractivity contribution in [2.24, 2.45) is 7.05 Å². The van der Waals surface area contributed by atoms with Gasteiger partial charge in [-0.15, -0.1) is 0 Å². The molecule has 0 amide bonds. The summed E-state index contributed by atoms with van der Waals surface area (Å²) in [5, 5.41) is 1.21. The van der Waals surface area contributed by atoms with Crippen LogP contribution in [0.2, 0.25) is 0 Å². The van der Waals surface area contributed by atoms with Crippen molar-refractivity contribution >= 4 is 22.4 Å². The van der Waals surface area contributed by atoms with Gasteiger partial charge in [-0.1, -0.05) is 18.2 Å². The summed E-state index contributed by atoms with van der Waals surface area (Å²) in [5.74, 6) is 0.816. The van der Waals surface area contributed by atoms with Gasteiger partial charge in [0.1, 0.15) is 5.51 Å². The SMILES string of the molecule is Cn1cc(-c2ncsn2)c2ccccc21. The quantitative estimate of drug-likeness (QED) is 0.625. The first-order chi connectivity index (χ1) is 7.36. The lowest BCUT2D eigenvalue weighted by Gasteiger charge is -1.93. The second-order valence-corrected chi connectivity index (χ2v) is 4.03. The molecule has 3 rings (SSSR count). The smallest absolute Gasteiger partial charge is 0.174 e. The number of rotatable bonds is 1. The predicted molar refractivity (Wildman–Crippen MR) is 61.8 cm³/mol. The van der Waals surface area contributed by atoms with Crippen molar-refractivity contribution in [1.82, 2.24) is 13.9 Å². The number of para-hydroxylation sites is 1. The Morgan fingerprint density at radius 1 is 1.27 bits per heavy atom. The van der Waals surface area contributed by atoms with Gasteiger partial charge in [0.25, 0.3) is 0 Å². The fourth-order valence-corrected chi connectivity index (χ4v) is 2.25. The topological polar surface area (TPSA) is 30.7 Å². The minimum atomic E-state index is 0.816. The number of benzene rings is 1. The lowest BCUT2D eigenvalue weighted by molar-refractivity contribution is 0.969. The minimum Gasteiger partial charge on any atom is -0.350 e. The first kappa shape index (κ1) is 8.61. The van der Waals surface area contributed by atoms with Gasteiger partial charge in [0.15, 0.2) is 5.82 Å². The Morgan fingerprint density at radius 2 is 2.13 bits per heavy atom. The lowest BCUT2D eigenvalue weighted by atomic mass is 10.2. The normalized spacial score (nSPS) is 11.0. The van der Waals surface area contributed by atoms with Gasteiger partial charge in [-0.05, 0) is 17.6 Å². The highest BCUT2D eigenvalue weighted by molar-refractivity contribution is 7.03. The second kappa shape index (κ2) is 3.17. The lowest BCUT2D eigenvalue weighted by Crippen LogP contribution is -1.81. The molecule has 74 valence electrons. The fraction of sp³-hybridized carbons (Fsp3) is 0.0909. The molecule has 2 heterocycles. The van der Waals surface area contributed by atoms with Crippen molar-refractivity contribution in [3.8, 4) is 11.4 Å². The summed E-state index contributed by atoms with van der Waals surface area (Å²) in [6, 6.07) is 8.29. The van der Waals surface area contributed by atoms with Crippen LogP contribution in [0.5, 0.6) is 0 Å². The molecule has 3 nitrogen and oxygen atoms in total. The van der Waals surface area contributed by atoms with Crippen LogP contribution in [0.1, 0.15) is 0 Å². The molecule has 0 radical (unpaired) electrons. The Morgan fingerprint density at radius 3 is 2.93 bits per heavy atom. The number of aromatic nitrogens is 3. The first-order valence-electron chi connectivity index (χ1n) is 4.67. The van der Waals surface area contributed by atoms with Gasteiger partial charge in [0.2, 0.25) is 0 Å². The molecule has 4 heteroatoms. The van der Waals surface area contributed by atoms with E-state index in [0.29, 0.717) is 0 Å². The van der Waals surface area contributed by atoms with Crippen LogP contribution in [0.4, 0.5) is 0 Å². The molecule has 0 bridgehead atoms. The van der Waals surface area contributed by atoms with Gasteiger partial charge < -0.3 is 4.57 Å². The third-order valence-electron chi connectivity index (χ3n) is 2.50. The molecule has 0 fully saturated rings. The molecular formula is C11H9N3S. The van der Waals surface area contributed by atoms with E-state index in [1.165, 1.54) is 22.4 Å². The molecule has 0 aliphatic carbocycles. The van der Waals surface area contributed by atoms with Gasteiger partial charge in [-0.2, -0.15) is 4.37 Å². The highest BCUT2D eigenvalue weighted by atomic mass is 32.1. The van der Waals surface area contributed by atoms with E-state index in [0.717, 1.165) is 11.4 Å². The summed E-state index contributed by atoms with van der Waals surface area (Å²) in [4.78, 5) is 4.24. The maximum atomic E-state index is 4.27. The van der Waals surface area contributed by atoms with Crippen LogP contribution in [-0.4, -0.2) is 13.9 Å². The maximum Gasteiger partial charge on any atom is 0.174 e. The third-order valence-corrected chi connectivity index (χ3v) is 2.98. The Hall–Kier alpha value is -1.68. The average molecular weight is 215 g/mol. The van der Waals surface area contributed by atoms with E-state index in [9.17, 15) is 0 Å². The molecule has 0 spiro atoms. The first-order valence-corrected chi connectivity index (χ1v) is 5.51. The number of aryl methyl sites for hydroxylation is 1. The van der Waals surface area contributed by atoms with Crippen molar-refractivity contribution in [2.45, 2.75) is 0 Å². The summed E-state index contributed by atoms with van der Waals surface area (Å²) in [7, 11) is 2.04. The summed E-state index contributed by atoms with van der Waals surface area (Å²) < 4.78 is 6.37. The van der Waals surface area contributed by atoms with Crippen molar-refractivity contribution in [2.75, 3.05) is 0 Å². The van der Waals surface area contributed by atoms with E-state index in [-0.39, 0.29) is 0 Å². The van der Waals surface area contributed by atoms with Crippen molar-refractivity contribution in [3.63, 3.8) is 0 Å². The van der Waals surface area contributed by atoms with Crippen LogP contribution in [0.3, 0.4) is 0 Å². The number of fused-ring (bicyclic) bond motifs is 1. The number of hydrogen-bond donors (Lipinski definition) is 0. The number of hydrogen-bond acceptors (Lipinski definition) is 3. The van der Waals surface area contributed by atoms with E-state index < -0.39 is 0 Å². The molecular weight excluding hydrogens is 206 g/mol. The van der Waals surface area contributed by atoms with Crippen LogP contribution in [0, 0.1) is 0 Å². The minimum absolute atomic E-state index is 0.816. The van der Waals surface area contributed by atoms with Crippen LogP contribution >= 0.6 is 11.5 Å². The Balaban J connectivity index is 2.37. The molecule has 0 N–H and O–H groups in total. The molecule has 0 atom stereocenters. The van der Waals surface area contributed by atoms with Crippen LogP contribution in [0.25, 0.3) is 22.3 Å². The van der Waals surface area contributed by atoms with Crippen molar-refractivity contribution in [1.29, 1.82) is 0 Å². The average Bonchev–Trinajstić information content (AvgIpc) is 2.87. The largest absolute Gasteiger partial charge is 0.350 e. The Kier molecular flexibility index (Phi) is 1.82.